The number of ether oxygens (including phenoxy) is 1. The van der Waals surface area contributed by atoms with Crippen LogP contribution >= 0.6 is 0 Å². The summed E-state index contributed by atoms with van der Waals surface area (Å²) < 4.78 is 5.34. The zero-order chi connectivity index (χ0) is 18.2. The number of aromatic amines is 1. The van der Waals surface area contributed by atoms with E-state index in [1.54, 1.807) is 7.11 Å². The molecule has 142 valence electrons. The number of benzene rings is 1. The molecule has 3 rings (SSSR count). The van der Waals surface area contributed by atoms with Crippen LogP contribution in [-0.4, -0.2) is 59.6 Å². The standard InChI is InChI=1S/C21H32N4O/c1-3-24(17-21-22-10-11-23-21)15-19-7-5-12-25(16-19)13-9-18-6-4-8-20(14-18)26-2/h4,6,8,10-11,14,19H,3,5,7,9,12-13,15-17H2,1-2H3,(H,22,23)/t19-/m1/s1. The van der Waals surface area contributed by atoms with Crippen molar-refractivity contribution in [2.45, 2.75) is 32.7 Å². The largest absolute Gasteiger partial charge is 0.497 e. The number of imidazole rings is 1. The summed E-state index contributed by atoms with van der Waals surface area (Å²) in [6, 6.07) is 8.45. The molecule has 0 saturated carbocycles. The highest BCUT2D eigenvalue weighted by Crippen LogP contribution is 2.19. The summed E-state index contributed by atoms with van der Waals surface area (Å²) in [5.41, 5.74) is 1.36. The highest BCUT2D eigenvalue weighted by Gasteiger charge is 2.22. The van der Waals surface area contributed by atoms with Crippen LogP contribution in [0.2, 0.25) is 0 Å². The topological polar surface area (TPSA) is 44.4 Å². The number of likely N-dealkylation sites (tertiary alicyclic amines) is 1. The van der Waals surface area contributed by atoms with Crippen LogP contribution in [0.15, 0.2) is 36.7 Å². The lowest BCUT2D eigenvalue weighted by atomic mass is 9.97. The van der Waals surface area contributed by atoms with Crippen LogP contribution in [0.3, 0.4) is 0 Å². The lowest BCUT2D eigenvalue weighted by Gasteiger charge is -2.35. The predicted octanol–water partition coefficient (Wildman–Crippen LogP) is 3.19. The molecule has 0 spiro atoms. The molecule has 2 aromatic rings. The molecule has 1 N–H and O–H groups in total. The van der Waals surface area contributed by atoms with Gasteiger partial charge in [0, 0.05) is 32.0 Å². The summed E-state index contributed by atoms with van der Waals surface area (Å²) in [5, 5.41) is 0. The van der Waals surface area contributed by atoms with Crippen molar-refractivity contribution in [2.24, 2.45) is 5.92 Å². The van der Waals surface area contributed by atoms with E-state index in [9.17, 15) is 0 Å². The van der Waals surface area contributed by atoms with Gasteiger partial charge in [-0.3, -0.25) is 4.90 Å². The van der Waals surface area contributed by atoms with Crippen LogP contribution in [0.25, 0.3) is 0 Å². The second-order valence-electron chi connectivity index (χ2n) is 7.27. The smallest absolute Gasteiger partial charge is 0.120 e. The highest BCUT2D eigenvalue weighted by atomic mass is 16.5. The van der Waals surface area contributed by atoms with Crippen molar-refractivity contribution >= 4 is 0 Å². The number of rotatable bonds is 9. The Bertz CT molecular complexity index is 643. The first kappa shape index (κ1) is 18.9. The molecule has 1 aliphatic heterocycles. The summed E-state index contributed by atoms with van der Waals surface area (Å²) in [7, 11) is 1.73. The fraction of sp³-hybridized carbons (Fsp3) is 0.571. The number of H-pyrrole nitrogens is 1. The van der Waals surface area contributed by atoms with Crippen molar-refractivity contribution in [1.29, 1.82) is 0 Å². The zero-order valence-corrected chi connectivity index (χ0v) is 16.2. The molecule has 1 aromatic heterocycles. The molecule has 1 aromatic carbocycles. The van der Waals surface area contributed by atoms with E-state index in [1.165, 1.54) is 31.5 Å². The van der Waals surface area contributed by atoms with Crippen LogP contribution < -0.4 is 4.74 Å². The Balaban J connectivity index is 1.47. The molecule has 0 bridgehead atoms. The molecule has 5 heteroatoms. The minimum Gasteiger partial charge on any atom is -0.497 e. The van der Waals surface area contributed by atoms with Crippen molar-refractivity contribution in [1.82, 2.24) is 19.8 Å². The Labute approximate surface area is 157 Å². The molecule has 0 amide bonds. The summed E-state index contributed by atoms with van der Waals surface area (Å²) >= 11 is 0. The molecule has 1 aliphatic rings. The fourth-order valence-corrected chi connectivity index (χ4v) is 3.89. The Kier molecular flexibility index (Phi) is 7.09. The normalized spacial score (nSPS) is 18.3. The van der Waals surface area contributed by atoms with Gasteiger partial charge in [-0.2, -0.15) is 0 Å². The van der Waals surface area contributed by atoms with E-state index < -0.39 is 0 Å². The summed E-state index contributed by atoms with van der Waals surface area (Å²) in [4.78, 5) is 12.7. The maximum Gasteiger partial charge on any atom is 0.120 e. The lowest BCUT2D eigenvalue weighted by Crippen LogP contribution is -2.41. The maximum absolute atomic E-state index is 5.34. The minimum atomic E-state index is 0.754. The van der Waals surface area contributed by atoms with E-state index in [0.29, 0.717) is 0 Å². The van der Waals surface area contributed by atoms with Gasteiger partial charge in [0.2, 0.25) is 0 Å². The van der Waals surface area contributed by atoms with Crippen LogP contribution in [-0.2, 0) is 13.0 Å². The Morgan fingerprint density at radius 1 is 1.38 bits per heavy atom. The van der Waals surface area contributed by atoms with Gasteiger partial charge < -0.3 is 14.6 Å². The number of aromatic nitrogens is 2. The molecule has 0 radical (unpaired) electrons. The van der Waals surface area contributed by atoms with E-state index in [2.05, 4.69) is 44.9 Å². The highest BCUT2D eigenvalue weighted by molar-refractivity contribution is 5.28. The van der Waals surface area contributed by atoms with Crippen LogP contribution in [0.5, 0.6) is 5.75 Å². The lowest BCUT2D eigenvalue weighted by molar-refractivity contribution is 0.132. The molecule has 1 fully saturated rings. The van der Waals surface area contributed by atoms with Gasteiger partial charge in [-0.05, 0) is 56.0 Å². The molecule has 1 saturated heterocycles. The van der Waals surface area contributed by atoms with Gasteiger partial charge in [0.1, 0.15) is 11.6 Å². The summed E-state index contributed by atoms with van der Waals surface area (Å²) in [6.45, 7) is 8.96. The Hall–Kier alpha value is -1.85. The Morgan fingerprint density at radius 2 is 2.31 bits per heavy atom. The molecule has 2 heterocycles. The number of nitrogens with one attached hydrogen (secondary N) is 1. The van der Waals surface area contributed by atoms with Crippen molar-refractivity contribution < 1.29 is 4.74 Å². The Morgan fingerprint density at radius 3 is 3.08 bits per heavy atom. The number of hydrogen-bond donors (Lipinski definition) is 1. The van der Waals surface area contributed by atoms with Gasteiger partial charge in [-0.25, -0.2) is 4.98 Å². The van der Waals surface area contributed by atoms with E-state index >= 15 is 0 Å². The van der Waals surface area contributed by atoms with Gasteiger partial charge >= 0.3 is 0 Å². The predicted molar refractivity (Wildman–Crippen MR) is 105 cm³/mol. The van der Waals surface area contributed by atoms with Gasteiger partial charge in [0.05, 0.1) is 13.7 Å². The molecule has 26 heavy (non-hydrogen) atoms. The molecule has 0 unspecified atom stereocenters. The molecule has 0 aliphatic carbocycles. The summed E-state index contributed by atoms with van der Waals surface area (Å²) in [6.07, 6.45) is 7.48. The average molecular weight is 357 g/mol. The SMILES string of the molecule is CCN(Cc1ncc[nH]1)C[C@H]1CCCN(CCc2cccc(OC)c2)C1. The van der Waals surface area contributed by atoms with E-state index in [1.807, 2.05) is 18.5 Å². The van der Waals surface area contributed by atoms with Gasteiger partial charge in [0.25, 0.3) is 0 Å². The van der Waals surface area contributed by atoms with Crippen LogP contribution in [0, 0.1) is 5.92 Å². The van der Waals surface area contributed by atoms with Crippen molar-refractivity contribution in [2.75, 3.05) is 39.8 Å². The van der Waals surface area contributed by atoms with Crippen molar-refractivity contribution in [3.63, 3.8) is 0 Å². The van der Waals surface area contributed by atoms with E-state index in [-0.39, 0.29) is 0 Å². The first-order valence-electron chi connectivity index (χ1n) is 9.82. The van der Waals surface area contributed by atoms with Crippen molar-refractivity contribution in [3.8, 4) is 5.75 Å². The average Bonchev–Trinajstić information content (AvgIpc) is 3.19. The first-order valence-corrected chi connectivity index (χ1v) is 9.82. The monoisotopic (exact) mass is 356 g/mol. The molecule has 1 atom stereocenters. The fourth-order valence-electron chi connectivity index (χ4n) is 3.89. The molecular weight excluding hydrogens is 324 g/mol. The quantitative estimate of drug-likeness (QED) is 0.749. The van der Waals surface area contributed by atoms with Gasteiger partial charge in [0.15, 0.2) is 0 Å². The maximum atomic E-state index is 5.34. The third-order valence-electron chi connectivity index (χ3n) is 5.35. The number of nitrogens with zero attached hydrogens (tertiary/aromatic N) is 3. The van der Waals surface area contributed by atoms with Crippen LogP contribution in [0.1, 0.15) is 31.2 Å². The number of piperidine rings is 1. The minimum absolute atomic E-state index is 0.754. The van der Waals surface area contributed by atoms with Gasteiger partial charge in [-0.15, -0.1) is 0 Å². The third kappa shape index (κ3) is 5.58. The second-order valence-corrected chi connectivity index (χ2v) is 7.27. The number of hydrogen-bond acceptors (Lipinski definition) is 4. The molecule has 5 nitrogen and oxygen atoms in total. The van der Waals surface area contributed by atoms with Gasteiger partial charge in [-0.1, -0.05) is 19.1 Å². The zero-order valence-electron chi connectivity index (χ0n) is 16.2. The first-order chi connectivity index (χ1) is 12.8. The van der Waals surface area contributed by atoms with Crippen molar-refractivity contribution in [3.05, 3.63) is 48.0 Å². The molecular formula is C21H32N4O. The van der Waals surface area contributed by atoms with E-state index in [4.69, 9.17) is 4.74 Å². The second kappa shape index (κ2) is 9.74. The summed E-state index contributed by atoms with van der Waals surface area (Å²) in [5.74, 6) is 2.78. The van der Waals surface area contributed by atoms with Crippen LogP contribution in [0.4, 0.5) is 0 Å². The third-order valence-corrected chi connectivity index (χ3v) is 5.35. The number of methoxy groups -OCH3 is 1. The van der Waals surface area contributed by atoms with E-state index in [0.717, 1.165) is 50.1 Å².